The van der Waals surface area contributed by atoms with Gasteiger partial charge < -0.3 is 11.1 Å². The molecule has 112 valence electrons. The summed E-state index contributed by atoms with van der Waals surface area (Å²) in [6, 6.07) is 4.22. The fraction of sp³-hybridized carbons (Fsp3) is 0.562. The van der Waals surface area contributed by atoms with E-state index < -0.39 is 5.91 Å². The van der Waals surface area contributed by atoms with Crippen LogP contribution in [0.25, 0.3) is 0 Å². The van der Waals surface area contributed by atoms with Gasteiger partial charge in [-0.3, -0.25) is 4.79 Å². The Morgan fingerprint density at radius 3 is 2.35 bits per heavy atom. The average molecular weight is 280 g/mol. The van der Waals surface area contributed by atoms with E-state index in [2.05, 4.69) is 33.0 Å². The number of nitrogens with two attached hydrogens (primary N) is 1. The molecule has 0 atom stereocenters. The minimum atomic E-state index is -0.534. The second-order valence-electron chi connectivity index (χ2n) is 5.95. The van der Waals surface area contributed by atoms with Gasteiger partial charge in [-0.25, -0.2) is 4.39 Å². The van der Waals surface area contributed by atoms with Crippen molar-refractivity contribution in [3.8, 4) is 0 Å². The number of primary amides is 1. The van der Waals surface area contributed by atoms with Gasteiger partial charge in [0.15, 0.2) is 0 Å². The van der Waals surface area contributed by atoms with Gasteiger partial charge in [-0.05, 0) is 42.5 Å². The van der Waals surface area contributed by atoms with Crippen LogP contribution in [0.3, 0.4) is 0 Å². The van der Waals surface area contributed by atoms with Gasteiger partial charge >= 0.3 is 0 Å². The summed E-state index contributed by atoms with van der Waals surface area (Å²) in [5.74, 6) is 0.840. The molecule has 1 aromatic carbocycles. The first-order valence-electron chi connectivity index (χ1n) is 7.11. The van der Waals surface area contributed by atoms with Crippen molar-refractivity contribution < 1.29 is 9.18 Å². The molecule has 0 aliphatic heterocycles. The first kappa shape index (κ1) is 16.6. The zero-order valence-electron chi connectivity index (χ0n) is 12.7. The van der Waals surface area contributed by atoms with Crippen LogP contribution in [0, 0.1) is 23.6 Å². The maximum atomic E-state index is 13.7. The molecule has 0 aliphatic rings. The summed E-state index contributed by atoms with van der Waals surface area (Å²) in [4.78, 5) is 11.1. The summed E-state index contributed by atoms with van der Waals surface area (Å²) in [6.07, 6.45) is 0. The third-order valence-corrected chi connectivity index (χ3v) is 3.74. The molecular weight excluding hydrogens is 255 g/mol. The molecule has 1 amide bonds. The Balaban J connectivity index is 2.65. The molecule has 0 aliphatic carbocycles. The Kier molecular flexibility index (Phi) is 6.14. The van der Waals surface area contributed by atoms with E-state index in [1.807, 2.05) is 0 Å². The minimum Gasteiger partial charge on any atom is -0.366 e. The van der Waals surface area contributed by atoms with Crippen molar-refractivity contribution in [2.75, 3.05) is 6.54 Å². The standard InChI is InChI=1S/C16H25FN2O/c1-10(2)14(11(3)4)9-19-8-13-7-12(16(18)20)5-6-15(13)17/h5-7,10-11,14,19H,8-9H2,1-4H3,(H2,18,20). The Bertz CT molecular complexity index is 450. The summed E-state index contributed by atoms with van der Waals surface area (Å²) in [5, 5.41) is 3.28. The molecule has 3 nitrogen and oxygen atoms in total. The predicted octanol–water partition coefficient (Wildman–Crippen LogP) is 2.94. The van der Waals surface area contributed by atoms with Crippen LogP contribution < -0.4 is 11.1 Å². The van der Waals surface area contributed by atoms with Crippen LogP contribution in [0.5, 0.6) is 0 Å². The second kappa shape index (κ2) is 7.39. The van der Waals surface area contributed by atoms with Crippen molar-refractivity contribution in [2.24, 2.45) is 23.5 Å². The van der Waals surface area contributed by atoms with E-state index in [9.17, 15) is 9.18 Å². The first-order chi connectivity index (χ1) is 9.32. The van der Waals surface area contributed by atoms with Crippen molar-refractivity contribution in [3.05, 3.63) is 35.1 Å². The van der Waals surface area contributed by atoms with Crippen molar-refractivity contribution in [1.82, 2.24) is 5.32 Å². The van der Waals surface area contributed by atoms with E-state index in [1.165, 1.54) is 18.2 Å². The molecule has 0 aromatic heterocycles. The molecule has 1 rings (SSSR count). The highest BCUT2D eigenvalue weighted by molar-refractivity contribution is 5.92. The lowest BCUT2D eigenvalue weighted by Gasteiger charge is -2.25. The molecule has 4 heteroatoms. The minimum absolute atomic E-state index is 0.312. The zero-order valence-corrected chi connectivity index (χ0v) is 12.7. The summed E-state index contributed by atoms with van der Waals surface area (Å²) in [7, 11) is 0. The highest BCUT2D eigenvalue weighted by atomic mass is 19.1. The van der Waals surface area contributed by atoms with Gasteiger partial charge in [0.2, 0.25) is 5.91 Å². The van der Waals surface area contributed by atoms with Gasteiger partial charge in [-0.1, -0.05) is 27.7 Å². The van der Waals surface area contributed by atoms with Crippen LogP contribution in [0.1, 0.15) is 43.6 Å². The average Bonchev–Trinajstić information content (AvgIpc) is 2.35. The Morgan fingerprint density at radius 2 is 1.85 bits per heavy atom. The van der Waals surface area contributed by atoms with Crippen molar-refractivity contribution >= 4 is 5.91 Å². The lowest BCUT2D eigenvalue weighted by molar-refractivity contribution is 0.1000. The van der Waals surface area contributed by atoms with Crippen LogP contribution in [-0.4, -0.2) is 12.5 Å². The van der Waals surface area contributed by atoms with E-state index >= 15 is 0 Å². The van der Waals surface area contributed by atoms with Gasteiger partial charge in [0.1, 0.15) is 5.82 Å². The number of halogens is 1. The molecule has 3 N–H and O–H groups in total. The maximum Gasteiger partial charge on any atom is 0.248 e. The van der Waals surface area contributed by atoms with Gasteiger partial charge in [0, 0.05) is 17.7 Å². The lowest BCUT2D eigenvalue weighted by atomic mass is 9.85. The quantitative estimate of drug-likeness (QED) is 0.807. The molecule has 0 spiro atoms. The fourth-order valence-electron chi connectivity index (χ4n) is 2.48. The van der Waals surface area contributed by atoms with Crippen molar-refractivity contribution in [2.45, 2.75) is 34.2 Å². The molecular formula is C16H25FN2O. The third-order valence-electron chi connectivity index (χ3n) is 3.74. The van der Waals surface area contributed by atoms with Crippen LogP contribution in [-0.2, 0) is 6.54 Å². The second-order valence-corrected chi connectivity index (χ2v) is 5.95. The van der Waals surface area contributed by atoms with E-state index in [-0.39, 0.29) is 5.82 Å². The van der Waals surface area contributed by atoms with E-state index in [4.69, 9.17) is 5.73 Å². The van der Waals surface area contributed by atoms with Crippen LogP contribution >= 0.6 is 0 Å². The number of hydrogen-bond acceptors (Lipinski definition) is 2. The number of rotatable bonds is 7. The number of hydrogen-bond donors (Lipinski definition) is 2. The van der Waals surface area contributed by atoms with Gasteiger partial charge in [0.25, 0.3) is 0 Å². The van der Waals surface area contributed by atoms with E-state index in [0.29, 0.717) is 35.4 Å². The number of benzene rings is 1. The number of carbonyl (C=O) groups excluding carboxylic acids is 1. The molecule has 20 heavy (non-hydrogen) atoms. The summed E-state index contributed by atoms with van der Waals surface area (Å²) in [6.45, 7) is 10.0. The lowest BCUT2D eigenvalue weighted by Crippen LogP contribution is -2.29. The Hall–Kier alpha value is -1.42. The van der Waals surface area contributed by atoms with Crippen LogP contribution in [0.4, 0.5) is 4.39 Å². The SMILES string of the molecule is CC(C)C(CNCc1cc(C(N)=O)ccc1F)C(C)C. The highest BCUT2D eigenvalue weighted by Crippen LogP contribution is 2.19. The maximum absolute atomic E-state index is 13.7. The van der Waals surface area contributed by atoms with Crippen molar-refractivity contribution in [3.63, 3.8) is 0 Å². The largest absolute Gasteiger partial charge is 0.366 e. The van der Waals surface area contributed by atoms with Crippen LogP contribution in [0.15, 0.2) is 18.2 Å². The topological polar surface area (TPSA) is 55.1 Å². The molecule has 0 radical (unpaired) electrons. The summed E-state index contributed by atoms with van der Waals surface area (Å²) >= 11 is 0. The predicted molar refractivity (Wildman–Crippen MR) is 79.8 cm³/mol. The summed E-state index contributed by atoms with van der Waals surface area (Å²) in [5.41, 5.74) is 6.03. The van der Waals surface area contributed by atoms with E-state index in [1.54, 1.807) is 0 Å². The fourth-order valence-corrected chi connectivity index (χ4v) is 2.48. The Morgan fingerprint density at radius 1 is 1.25 bits per heavy atom. The molecule has 0 fully saturated rings. The monoisotopic (exact) mass is 280 g/mol. The number of carbonyl (C=O) groups is 1. The molecule has 0 saturated carbocycles. The van der Waals surface area contributed by atoms with Gasteiger partial charge in [-0.2, -0.15) is 0 Å². The third kappa shape index (κ3) is 4.60. The highest BCUT2D eigenvalue weighted by Gasteiger charge is 2.17. The zero-order chi connectivity index (χ0) is 15.3. The molecule has 1 aromatic rings. The van der Waals surface area contributed by atoms with Gasteiger partial charge in [0.05, 0.1) is 0 Å². The molecule has 0 saturated heterocycles. The number of amides is 1. The van der Waals surface area contributed by atoms with Crippen LogP contribution in [0.2, 0.25) is 0 Å². The normalized spacial score (nSPS) is 11.6. The molecule has 0 heterocycles. The van der Waals surface area contributed by atoms with Crippen molar-refractivity contribution in [1.29, 1.82) is 0 Å². The Labute approximate surface area is 120 Å². The summed E-state index contributed by atoms with van der Waals surface area (Å²) < 4.78 is 13.7. The first-order valence-corrected chi connectivity index (χ1v) is 7.11. The molecule has 0 unspecified atom stereocenters. The van der Waals surface area contributed by atoms with E-state index in [0.717, 1.165) is 6.54 Å². The number of nitrogens with one attached hydrogen (secondary N) is 1. The smallest absolute Gasteiger partial charge is 0.248 e. The molecule has 0 bridgehead atoms. The van der Waals surface area contributed by atoms with Gasteiger partial charge in [-0.15, -0.1) is 0 Å².